The molecule has 0 saturated carbocycles. The number of methoxy groups -OCH3 is 1. The largest absolute Gasteiger partial charge is 0.497 e. The monoisotopic (exact) mass is 442 g/mol. The molecule has 7 nitrogen and oxygen atoms in total. The average molecular weight is 443 g/mol. The minimum absolute atomic E-state index is 0.00436. The Kier molecular flexibility index (Phi) is 6.50. The van der Waals surface area contributed by atoms with Crippen molar-refractivity contribution in [2.45, 2.75) is 39.8 Å². The Morgan fingerprint density at radius 2 is 1.71 bits per heavy atom. The predicted molar refractivity (Wildman–Crippen MR) is 119 cm³/mol. The van der Waals surface area contributed by atoms with E-state index < -0.39 is 15.9 Å². The molecule has 1 aliphatic rings. The van der Waals surface area contributed by atoms with Gasteiger partial charge in [-0.05, 0) is 67.8 Å². The quantitative estimate of drug-likeness (QED) is 0.710. The number of rotatable bonds is 7. The predicted octanol–water partition coefficient (Wildman–Crippen LogP) is 3.33. The smallest absolute Gasteiger partial charge is 0.268 e. The highest BCUT2D eigenvalue weighted by atomic mass is 32.2. The normalized spacial score (nSPS) is 16.4. The molecule has 1 atom stereocenters. The number of nitrogens with zero attached hydrogens (tertiary/aromatic N) is 1. The maximum Gasteiger partial charge on any atom is 0.268 e. The van der Waals surface area contributed by atoms with Gasteiger partial charge in [-0.3, -0.25) is 9.59 Å². The van der Waals surface area contributed by atoms with Gasteiger partial charge < -0.3 is 10.1 Å². The molecule has 0 aliphatic carbocycles. The zero-order valence-corrected chi connectivity index (χ0v) is 18.8. The zero-order valence-electron chi connectivity index (χ0n) is 18.0. The maximum absolute atomic E-state index is 13.2. The molecule has 0 saturated heterocycles. The van der Waals surface area contributed by atoms with E-state index in [4.69, 9.17) is 4.74 Å². The average Bonchev–Trinajstić information content (AvgIpc) is 2.93. The van der Waals surface area contributed by atoms with Crippen molar-refractivity contribution >= 4 is 26.7 Å². The highest BCUT2D eigenvalue weighted by molar-refractivity contribution is 7.99. The van der Waals surface area contributed by atoms with E-state index in [1.54, 1.807) is 48.5 Å². The van der Waals surface area contributed by atoms with Gasteiger partial charge in [0.05, 0.1) is 13.7 Å². The number of nitrogens with one attached hydrogen (secondary N) is 1. The number of amides is 2. The summed E-state index contributed by atoms with van der Waals surface area (Å²) in [7, 11) is -2.48. The van der Waals surface area contributed by atoms with Crippen molar-refractivity contribution in [2.75, 3.05) is 7.11 Å². The maximum atomic E-state index is 13.2. The van der Waals surface area contributed by atoms with Gasteiger partial charge in [0.2, 0.25) is 0 Å². The van der Waals surface area contributed by atoms with Gasteiger partial charge >= 0.3 is 0 Å². The van der Waals surface area contributed by atoms with E-state index >= 15 is 0 Å². The fraction of sp³-hybridized carbons (Fsp3) is 0.304. The first kappa shape index (κ1) is 22.6. The van der Waals surface area contributed by atoms with E-state index in [-0.39, 0.29) is 29.0 Å². The van der Waals surface area contributed by atoms with Gasteiger partial charge in [0.15, 0.2) is 0 Å². The van der Waals surface area contributed by atoms with Gasteiger partial charge in [0, 0.05) is 17.2 Å². The molecule has 2 aromatic rings. The van der Waals surface area contributed by atoms with Crippen molar-refractivity contribution in [3.05, 3.63) is 70.8 Å². The van der Waals surface area contributed by atoms with Crippen LogP contribution < -0.4 is 10.1 Å². The molecule has 0 spiro atoms. The van der Waals surface area contributed by atoms with Crippen LogP contribution in [0.4, 0.5) is 0 Å². The van der Waals surface area contributed by atoms with Crippen LogP contribution in [0.15, 0.2) is 54.1 Å². The molecular weight excluding hydrogens is 416 g/mol. The standard InChI is InChI=1S/C23H26N2O5S/c1-5-15(2)24-22(26)19-8-6-17(7-9-19)14-25-23(27)16(3)21(31(25,28)29)18-10-12-20(30-4)13-11-18/h6-13,15H,5,14H2,1-4H3,(H,24,26)/t15-/m0/s1. The number of hydrogen-bond donors (Lipinski definition) is 1. The number of ether oxygens (including phenoxy) is 1. The van der Waals surface area contributed by atoms with Gasteiger partial charge in [-0.25, -0.2) is 12.7 Å². The van der Waals surface area contributed by atoms with E-state index in [1.807, 2.05) is 13.8 Å². The minimum atomic E-state index is -4.00. The molecule has 2 amide bonds. The molecule has 3 rings (SSSR count). The second-order valence-electron chi connectivity index (χ2n) is 7.48. The lowest BCUT2D eigenvalue weighted by Crippen LogP contribution is -2.32. The fourth-order valence-electron chi connectivity index (χ4n) is 3.30. The Balaban J connectivity index is 1.81. The van der Waals surface area contributed by atoms with E-state index in [9.17, 15) is 18.0 Å². The van der Waals surface area contributed by atoms with Crippen LogP contribution in [0.1, 0.15) is 48.7 Å². The van der Waals surface area contributed by atoms with E-state index in [0.29, 0.717) is 22.4 Å². The molecule has 0 fully saturated rings. The molecule has 164 valence electrons. The minimum Gasteiger partial charge on any atom is -0.497 e. The third kappa shape index (κ3) is 4.49. The first-order chi connectivity index (χ1) is 14.7. The van der Waals surface area contributed by atoms with Crippen LogP contribution in [0.3, 0.4) is 0 Å². The van der Waals surface area contributed by atoms with Gasteiger partial charge in [-0.1, -0.05) is 19.1 Å². The van der Waals surface area contributed by atoms with E-state index in [2.05, 4.69) is 5.32 Å². The number of carbonyl (C=O) groups excluding carboxylic acids is 2. The van der Waals surface area contributed by atoms with Gasteiger partial charge in [-0.2, -0.15) is 0 Å². The summed E-state index contributed by atoms with van der Waals surface area (Å²) in [5, 5.41) is 2.88. The van der Waals surface area contributed by atoms with Gasteiger partial charge in [-0.15, -0.1) is 0 Å². The van der Waals surface area contributed by atoms with Crippen molar-refractivity contribution in [1.82, 2.24) is 9.62 Å². The van der Waals surface area contributed by atoms with Crippen molar-refractivity contribution < 1.29 is 22.7 Å². The topological polar surface area (TPSA) is 92.8 Å². The summed E-state index contributed by atoms with van der Waals surface area (Å²) in [4.78, 5) is 25.0. The molecule has 1 heterocycles. The fourth-order valence-corrected chi connectivity index (χ4v) is 5.10. The van der Waals surface area contributed by atoms with Crippen molar-refractivity contribution in [2.24, 2.45) is 0 Å². The first-order valence-electron chi connectivity index (χ1n) is 10.0. The second kappa shape index (κ2) is 8.93. The lowest BCUT2D eigenvalue weighted by atomic mass is 10.1. The number of hydrogen-bond acceptors (Lipinski definition) is 5. The molecule has 31 heavy (non-hydrogen) atoms. The molecule has 0 unspecified atom stereocenters. The highest BCUT2D eigenvalue weighted by Gasteiger charge is 2.42. The van der Waals surface area contributed by atoms with Gasteiger partial charge in [0.1, 0.15) is 10.7 Å². The molecule has 0 bridgehead atoms. The number of sulfonamides is 1. The molecule has 2 aromatic carbocycles. The Bertz CT molecular complexity index is 1120. The Morgan fingerprint density at radius 1 is 1.10 bits per heavy atom. The molecular formula is C23H26N2O5S. The van der Waals surface area contributed by atoms with Crippen LogP contribution in [-0.4, -0.2) is 37.7 Å². The third-order valence-electron chi connectivity index (χ3n) is 5.32. The summed E-state index contributed by atoms with van der Waals surface area (Å²) in [6.45, 7) is 5.32. The number of carbonyl (C=O) groups is 2. The Hall–Kier alpha value is -3.13. The first-order valence-corrected chi connectivity index (χ1v) is 11.4. The van der Waals surface area contributed by atoms with Crippen LogP contribution in [0.25, 0.3) is 4.91 Å². The summed E-state index contributed by atoms with van der Waals surface area (Å²) >= 11 is 0. The lowest BCUT2D eigenvalue weighted by molar-refractivity contribution is -0.122. The lowest BCUT2D eigenvalue weighted by Gasteiger charge is -2.17. The summed E-state index contributed by atoms with van der Waals surface area (Å²) in [6.07, 6.45) is 0.821. The van der Waals surface area contributed by atoms with Gasteiger partial charge in [0.25, 0.3) is 21.8 Å². The number of benzene rings is 2. The highest BCUT2D eigenvalue weighted by Crippen LogP contribution is 2.36. The van der Waals surface area contributed by atoms with Crippen LogP contribution in [0.5, 0.6) is 5.75 Å². The summed E-state index contributed by atoms with van der Waals surface area (Å²) in [5.41, 5.74) is 1.70. The van der Waals surface area contributed by atoms with Crippen LogP contribution in [-0.2, 0) is 21.4 Å². The Labute approximate surface area is 182 Å². The molecule has 1 N–H and O–H groups in total. The molecule has 1 aliphatic heterocycles. The summed E-state index contributed by atoms with van der Waals surface area (Å²) in [5.74, 6) is -0.146. The zero-order chi connectivity index (χ0) is 22.8. The summed E-state index contributed by atoms with van der Waals surface area (Å²) in [6, 6.07) is 13.2. The van der Waals surface area contributed by atoms with Crippen LogP contribution in [0.2, 0.25) is 0 Å². The van der Waals surface area contributed by atoms with Crippen molar-refractivity contribution in [3.63, 3.8) is 0 Å². The molecule has 8 heteroatoms. The molecule has 0 radical (unpaired) electrons. The second-order valence-corrected chi connectivity index (χ2v) is 9.28. The van der Waals surface area contributed by atoms with Crippen LogP contribution >= 0.6 is 0 Å². The SMILES string of the molecule is CC[C@H](C)NC(=O)c1ccc(CN2C(=O)C(C)=C(c3ccc(OC)cc3)S2(=O)=O)cc1. The molecule has 0 aromatic heterocycles. The van der Waals surface area contributed by atoms with Crippen molar-refractivity contribution in [3.8, 4) is 5.75 Å². The Morgan fingerprint density at radius 3 is 2.26 bits per heavy atom. The van der Waals surface area contributed by atoms with E-state index in [0.717, 1.165) is 10.7 Å². The van der Waals surface area contributed by atoms with Crippen molar-refractivity contribution in [1.29, 1.82) is 0 Å². The van der Waals surface area contributed by atoms with E-state index in [1.165, 1.54) is 14.0 Å². The third-order valence-corrected chi connectivity index (χ3v) is 7.25. The summed E-state index contributed by atoms with van der Waals surface area (Å²) < 4.78 is 32.3. The van der Waals surface area contributed by atoms with Crippen LogP contribution in [0, 0.1) is 0 Å².